The summed E-state index contributed by atoms with van der Waals surface area (Å²) in [7, 11) is 0. The monoisotopic (exact) mass is 247 g/mol. The van der Waals surface area contributed by atoms with Crippen LogP contribution in [0.1, 0.15) is 33.6 Å². The van der Waals surface area contributed by atoms with Gasteiger partial charge in [0.15, 0.2) is 0 Å². The maximum atomic E-state index is 12.7. The van der Waals surface area contributed by atoms with Crippen molar-refractivity contribution in [1.29, 1.82) is 0 Å². The highest BCUT2D eigenvalue weighted by Crippen LogP contribution is 2.27. The molecule has 1 fully saturated rings. The summed E-state index contributed by atoms with van der Waals surface area (Å²) in [5.74, 6) is -1.12. The van der Waals surface area contributed by atoms with Gasteiger partial charge in [0, 0.05) is 0 Å². The van der Waals surface area contributed by atoms with Gasteiger partial charge in [-0.15, -0.1) is 0 Å². The van der Waals surface area contributed by atoms with Gasteiger partial charge in [-0.1, -0.05) is 0 Å². The molecule has 1 aliphatic heterocycles. The molecule has 17 heavy (non-hydrogen) atoms. The van der Waals surface area contributed by atoms with E-state index in [1.54, 1.807) is 20.8 Å². The summed E-state index contributed by atoms with van der Waals surface area (Å²) in [4.78, 5) is 23.8. The molecule has 2 atom stereocenters. The van der Waals surface area contributed by atoms with Crippen LogP contribution in [0.25, 0.3) is 0 Å². The third kappa shape index (κ3) is 3.31. The standard InChI is InChI=1S/C11H18FNO4/c1-11(2,3)17-10(16)13-7(6-12)4-5-8(13)9(14)15/h7-8H,4-6H2,1-3H3,(H,14,15)/t7-,8?/m1/s1. The van der Waals surface area contributed by atoms with E-state index in [1.807, 2.05) is 0 Å². The van der Waals surface area contributed by atoms with Crippen molar-refractivity contribution in [2.75, 3.05) is 6.67 Å². The first-order valence-electron chi connectivity index (χ1n) is 5.56. The third-order valence-electron chi connectivity index (χ3n) is 2.57. The highest BCUT2D eigenvalue weighted by molar-refractivity contribution is 5.81. The molecule has 0 aromatic heterocycles. The van der Waals surface area contributed by atoms with E-state index in [-0.39, 0.29) is 6.42 Å². The minimum Gasteiger partial charge on any atom is -0.480 e. The van der Waals surface area contributed by atoms with Gasteiger partial charge in [-0.05, 0) is 33.6 Å². The second-order valence-electron chi connectivity index (χ2n) is 5.13. The maximum absolute atomic E-state index is 12.7. The second kappa shape index (κ2) is 4.89. The van der Waals surface area contributed by atoms with Crippen LogP contribution in [0, 0.1) is 0 Å². The Morgan fingerprint density at radius 3 is 2.41 bits per heavy atom. The lowest BCUT2D eigenvalue weighted by Gasteiger charge is -2.29. The van der Waals surface area contributed by atoms with Gasteiger partial charge in [0.1, 0.15) is 18.3 Å². The molecule has 0 aliphatic carbocycles. The second-order valence-corrected chi connectivity index (χ2v) is 5.13. The molecule has 1 saturated heterocycles. The zero-order valence-corrected chi connectivity index (χ0v) is 10.3. The topological polar surface area (TPSA) is 66.8 Å². The van der Waals surface area contributed by atoms with Crippen LogP contribution < -0.4 is 0 Å². The van der Waals surface area contributed by atoms with E-state index in [0.717, 1.165) is 4.90 Å². The quantitative estimate of drug-likeness (QED) is 0.808. The molecule has 0 aromatic rings. The number of carbonyl (C=O) groups excluding carboxylic acids is 1. The lowest BCUT2D eigenvalue weighted by atomic mass is 10.2. The van der Waals surface area contributed by atoms with Gasteiger partial charge < -0.3 is 9.84 Å². The normalized spacial score (nSPS) is 24.8. The number of amides is 1. The summed E-state index contributed by atoms with van der Waals surface area (Å²) in [6, 6.07) is -1.67. The van der Waals surface area contributed by atoms with Gasteiger partial charge in [0.05, 0.1) is 6.04 Å². The summed E-state index contributed by atoms with van der Waals surface area (Å²) in [5, 5.41) is 8.97. The molecule has 0 aromatic carbocycles. The molecule has 1 aliphatic rings. The summed E-state index contributed by atoms with van der Waals surface area (Å²) in [6.45, 7) is 4.30. The number of nitrogens with zero attached hydrogens (tertiary/aromatic N) is 1. The number of ether oxygens (including phenoxy) is 1. The summed E-state index contributed by atoms with van der Waals surface area (Å²) in [6.07, 6.45) is -0.138. The maximum Gasteiger partial charge on any atom is 0.411 e. The van der Waals surface area contributed by atoms with Gasteiger partial charge in [0.2, 0.25) is 0 Å². The van der Waals surface area contributed by atoms with E-state index in [4.69, 9.17) is 9.84 Å². The minimum atomic E-state index is -1.12. The van der Waals surface area contributed by atoms with Crippen LogP contribution in [0.3, 0.4) is 0 Å². The molecule has 1 rings (SSSR count). The zero-order valence-electron chi connectivity index (χ0n) is 10.3. The Bertz CT molecular complexity index is 313. The predicted octanol–water partition coefficient (Wildman–Crippen LogP) is 1.81. The Morgan fingerprint density at radius 1 is 1.41 bits per heavy atom. The van der Waals surface area contributed by atoms with E-state index in [9.17, 15) is 14.0 Å². The van der Waals surface area contributed by atoms with E-state index < -0.39 is 36.4 Å². The molecule has 1 unspecified atom stereocenters. The van der Waals surface area contributed by atoms with Crippen molar-refractivity contribution < 1.29 is 23.8 Å². The highest BCUT2D eigenvalue weighted by Gasteiger charge is 2.42. The van der Waals surface area contributed by atoms with Gasteiger partial charge in [0.25, 0.3) is 0 Å². The SMILES string of the molecule is CC(C)(C)OC(=O)N1C(C(=O)O)CC[C@@H]1CF. The Morgan fingerprint density at radius 2 is 2.00 bits per heavy atom. The lowest BCUT2D eigenvalue weighted by molar-refractivity contribution is -0.142. The number of likely N-dealkylation sites (tertiary alicyclic amines) is 1. The van der Waals surface area contributed by atoms with Crippen LogP contribution in [0.2, 0.25) is 0 Å². The molecule has 0 spiro atoms. The molecule has 5 nitrogen and oxygen atoms in total. The fourth-order valence-electron chi connectivity index (χ4n) is 1.87. The molecule has 1 heterocycles. The molecular formula is C11H18FNO4. The Hall–Kier alpha value is -1.33. The third-order valence-corrected chi connectivity index (χ3v) is 2.57. The van der Waals surface area contributed by atoms with Crippen molar-refractivity contribution in [2.24, 2.45) is 0 Å². The molecule has 0 radical (unpaired) electrons. The van der Waals surface area contributed by atoms with Crippen LogP contribution in [-0.4, -0.2) is 46.4 Å². The summed E-state index contributed by atoms with van der Waals surface area (Å²) < 4.78 is 17.8. The van der Waals surface area contributed by atoms with Crippen LogP contribution in [0.5, 0.6) is 0 Å². The van der Waals surface area contributed by atoms with Gasteiger partial charge >= 0.3 is 12.1 Å². The van der Waals surface area contributed by atoms with Crippen molar-refractivity contribution in [3.05, 3.63) is 0 Å². The van der Waals surface area contributed by atoms with Gasteiger partial charge in [-0.3, -0.25) is 4.90 Å². The molecule has 98 valence electrons. The average molecular weight is 247 g/mol. The first-order valence-corrected chi connectivity index (χ1v) is 5.56. The number of carboxylic acids is 1. The largest absolute Gasteiger partial charge is 0.480 e. The van der Waals surface area contributed by atoms with Crippen LogP contribution in [0.4, 0.5) is 9.18 Å². The molecular weight excluding hydrogens is 229 g/mol. The molecule has 1 N–H and O–H groups in total. The lowest BCUT2D eigenvalue weighted by Crippen LogP contribution is -2.47. The number of hydrogen-bond donors (Lipinski definition) is 1. The summed E-state index contributed by atoms with van der Waals surface area (Å²) >= 11 is 0. The van der Waals surface area contributed by atoms with Crippen molar-refractivity contribution in [3.8, 4) is 0 Å². The van der Waals surface area contributed by atoms with Crippen molar-refractivity contribution in [1.82, 2.24) is 4.90 Å². The van der Waals surface area contributed by atoms with Crippen LogP contribution in [-0.2, 0) is 9.53 Å². The fourth-order valence-corrected chi connectivity index (χ4v) is 1.87. The number of carboxylic acid groups (broad SMARTS) is 1. The number of carbonyl (C=O) groups is 2. The highest BCUT2D eigenvalue weighted by atomic mass is 19.1. The molecule has 0 saturated carbocycles. The Balaban J connectivity index is 2.82. The van der Waals surface area contributed by atoms with E-state index in [0.29, 0.717) is 6.42 Å². The first-order chi connectivity index (χ1) is 7.76. The number of alkyl halides is 1. The minimum absolute atomic E-state index is 0.267. The summed E-state index contributed by atoms with van der Waals surface area (Å²) in [5.41, 5.74) is -0.719. The Labute approximate surface area is 99.5 Å². The average Bonchev–Trinajstić information content (AvgIpc) is 2.57. The first kappa shape index (κ1) is 13.7. The van der Waals surface area contributed by atoms with E-state index >= 15 is 0 Å². The molecule has 1 amide bonds. The van der Waals surface area contributed by atoms with Gasteiger partial charge in [-0.2, -0.15) is 0 Å². The smallest absolute Gasteiger partial charge is 0.411 e. The number of hydrogen-bond acceptors (Lipinski definition) is 3. The fraction of sp³-hybridized carbons (Fsp3) is 0.818. The molecule has 0 bridgehead atoms. The number of aliphatic carboxylic acids is 1. The van der Waals surface area contributed by atoms with E-state index in [1.165, 1.54) is 0 Å². The van der Waals surface area contributed by atoms with Gasteiger partial charge in [-0.25, -0.2) is 14.0 Å². The number of halogens is 1. The Kier molecular flexibility index (Phi) is 3.95. The zero-order chi connectivity index (χ0) is 13.2. The van der Waals surface area contributed by atoms with Crippen LogP contribution >= 0.6 is 0 Å². The number of rotatable bonds is 2. The van der Waals surface area contributed by atoms with Crippen molar-refractivity contribution in [3.63, 3.8) is 0 Å². The van der Waals surface area contributed by atoms with Crippen molar-refractivity contribution >= 4 is 12.1 Å². The molecule has 6 heteroatoms. The van der Waals surface area contributed by atoms with Crippen LogP contribution in [0.15, 0.2) is 0 Å². The van der Waals surface area contributed by atoms with Crippen molar-refractivity contribution in [2.45, 2.75) is 51.3 Å². The predicted molar refractivity (Wildman–Crippen MR) is 58.5 cm³/mol. The van der Waals surface area contributed by atoms with E-state index in [2.05, 4.69) is 0 Å².